The molecule has 13 heavy (non-hydrogen) atoms. The van der Waals surface area contributed by atoms with E-state index in [2.05, 4.69) is 15.8 Å². The number of hydrazine groups is 1. The molecule has 4 nitrogen and oxygen atoms in total. The maximum Gasteiger partial charge on any atom is 0.218 e. The first-order chi connectivity index (χ1) is 6.20. The number of carbonyl (C=O) groups excluding carboxylic acids is 1. The van der Waals surface area contributed by atoms with E-state index in [0.29, 0.717) is 0 Å². The summed E-state index contributed by atoms with van der Waals surface area (Å²) in [6.45, 7) is 5.58. The molecule has 0 aromatic rings. The molecule has 1 amide bonds. The zero-order valence-corrected chi connectivity index (χ0v) is 8.47. The van der Waals surface area contributed by atoms with Crippen molar-refractivity contribution in [3.8, 4) is 0 Å². The van der Waals surface area contributed by atoms with Crippen LogP contribution >= 0.6 is 0 Å². The fraction of sp³-hybridized carbons (Fsp3) is 0.889. The van der Waals surface area contributed by atoms with Crippen LogP contribution in [-0.4, -0.2) is 30.2 Å². The summed E-state index contributed by atoms with van der Waals surface area (Å²) in [5, 5.41) is 4.97. The summed E-state index contributed by atoms with van der Waals surface area (Å²) in [4.78, 5) is 10.8. The number of nitrogens with zero attached hydrogens (tertiary/aromatic N) is 1. The van der Waals surface area contributed by atoms with Crippen molar-refractivity contribution >= 4 is 5.91 Å². The highest BCUT2D eigenvalue weighted by atomic mass is 16.1. The van der Waals surface area contributed by atoms with E-state index in [0.717, 1.165) is 13.1 Å². The molecule has 1 saturated heterocycles. The predicted molar refractivity (Wildman–Crippen MR) is 51.8 cm³/mol. The van der Waals surface area contributed by atoms with Crippen LogP contribution in [0.5, 0.6) is 0 Å². The molecule has 0 aromatic heterocycles. The summed E-state index contributed by atoms with van der Waals surface area (Å²) in [5.41, 5.74) is 3.31. The Balaban J connectivity index is 2.34. The van der Waals surface area contributed by atoms with E-state index in [1.165, 1.54) is 19.3 Å². The van der Waals surface area contributed by atoms with Crippen LogP contribution in [0.3, 0.4) is 0 Å². The molecule has 0 aromatic carbocycles. The van der Waals surface area contributed by atoms with Gasteiger partial charge in [0.25, 0.3) is 0 Å². The number of carbonyl (C=O) groups is 1. The van der Waals surface area contributed by atoms with Gasteiger partial charge in [-0.05, 0) is 19.8 Å². The molecule has 0 aliphatic carbocycles. The Morgan fingerprint density at radius 1 is 1.46 bits per heavy atom. The van der Waals surface area contributed by atoms with Gasteiger partial charge < -0.3 is 5.32 Å². The number of hydrogen-bond acceptors (Lipinski definition) is 3. The lowest BCUT2D eigenvalue weighted by molar-refractivity contribution is -0.121. The molecular formula is C9H19N3O. The Morgan fingerprint density at radius 3 is 2.92 bits per heavy atom. The van der Waals surface area contributed by atoms with Crippen LogP contribution in [-0.2, 0) is 4.79 Å². The topological polar surface area (TPSA) is 44.4 Å². The molecule has 1 aliphatic rings. The molecule has 1 atom stereocenters. The van der Waals surface area contributed by atoms with Crippen molar-refractivity contribution in [2.24, 2.45) is 0 Å². The fourth-order valence-corrected chi connectivity index (χ4v) is 1.59. The highest BCUT2D eigenvalue weighted by Crippen LogP contribution is 2.03. The lowest BCUT2D eigenvalue weighted by Gasteiger charge is -2.28. The molecule has 2 N–H and O–H groups in total. The third-order valence-corrected chi connectivity index (χ3v) is 2.27. The predicted octanol–water partition coefficient (Wildman–Crippen LogP) is 0.459. The second kappa shape index (κ2) is 5.19. The third kappa shape index (κ3) is 3.74. The maximum absolute atomic E-state index is 10.8. The Morgan fingerprint density at radius 2 is 2.23 bits per heavy atom. The minimum atomic E-state index is 0.0264. The summed E-state index contributed by atoms with van der Waals surface area (Å²) in [5.74, 6) is 0.0264. The first-order valence-electron chi connectivity index (χ1n) is 4.97. The van der Waals surface area contributed by atoms with E-state index in [1.54, 1.807) is 6.92 Å². The van der Waals surface area contributed by atoms with E-state index in [4.69, 9.17) is 0 Å². The van der Waals surface area contributed by atoms with Gasteiger partial charge in [0.05, 0.1) is 6.17 Å². The van der Waals surface area contributed by atoms with E-state index in [-0.39, 0.29) is 12.1 Å². The lowest BCUT2D eigenvalue weighted by atomic mass is 10.2. The Hall–Kier alpha value is -0.610. The van der Waals surface area contributed by atoms with Crippen molar-refractivity contribution in [2.75, 3.05) is 13.1 Å². The van der Waals surface area contributed by atoms with Crippen LogP contribution < -0.4 is 10.7 Å². The molecule has 1 unspecified atom stereocenters. The third-order valence-electron chi connectivity index (χ3n) is 2.27. The van der Waals surface area contributed by atoms with Gasteiger partial charge in [0.2, 0.25) is 5.91 Å². The molecule has 0 radical (unpaired) electrons. The normalized spacial score (nSPS) is 22.0. The molecular weight excluding hydrogens is 166 g/mol. The zero-order chi connectivity index (χ0) is 9.68. The minimum absolute atomic E-state index is 0.0264. The number of hydrogen-bond donors (Lipinski definition) is 2. The molecule has 76 valence electrons. The standard InChI is InChI=1S/C9H19N3O/c1-8(11-9(2)13)12-7-5-3-4-6-10-12/h8,10H,3-7H2,1-2H3,(H,11,13). The van der Waals surface area contributed by atoms with E-state index in [9.17, 15) is 4.79 Å². The molecule has 1 heterocycles. The average Bonchev–Trinajstić information content (AvgIpc) is 2.29. The molecule has 1 fully saturated rings. The highest BCUT2D eigenvalue weighted by molar-refractivity contribution is 5.73. The minimum Gasteiger partial charge on any atom is -0.340 e. The van der Waals surface area contributed by atoms with Gasteiger partial charge >= 0.3 is 0 Å². The lowest BCUT2D eigenvalue weighted by Crippen LogP contribution is -2.52. The van der Waals surface area contributed by atoms with Crippen LogP contribution in [0.2, 0.25) is 0 Å². The van der Waals surface area contributed by atoms with Crippen molar-refractivity contribution in [3.63, 3.8) is 0 Å². The summed E-state index contributed by atoms with van der Waals surface area (Å²) < 4.78 is 0. The SMILES string of the molecule is CC(=O)NC(C)N1CCCCCN1. The van der Waals surface area contributed by atoms with Gasteiger partial charge in [0.15, 0.2) is 0 Å². The van der Waals surface area contributed by atoms with Crippen LogP contribution in [0.15, 0.2) is 0 Å². The number of amides is 1. The summed E-state index contributed by atoms with van der Waals surface area (Å²) in [6, 6.07) is 0. The molecule has 1 rings (SSSR count). The Labute approximate surface area is 79.6 Å². The van der Waals surface area contributed by atoms with Gasteiger partial charge in [-0.25, -0.2) is 5.01 Å². The largest absolute Gasteiger partial charge is 0.340 e. The van der Waals surface area contributed by atoms with Gasteiger partial charge in [0, 0.05) is 20.0 Å². The van der Waals surface area contributed by atoms with Crippen molar-refractivity contribution < 1.29 is 4.79 Å². The van der Waals surface area contributed by atoms with Crippen LogP contribution in [0.1, 0.15) is 33.1 Å². The first-order valence-corrected chi connectivity index (χ1v) is 4.97. The van der Waals surface area contributed by atoms with Crippen molar-refractivity contribution in [1.82, 2.24) is 15.8 Å². The second-order valence-electron chi connectivity index (χ2n) is 3.54. The van der Waals surface area contributed by atoms with E-state index in [1.807, 2.05) is 6.92 Å². The highest BCUT2D eigenvalue weighted by Gasteiger charge is 2.15. The van der Waals surface area contributed by atoms with Crippen LogP contribution in [0, 0.1) is 0 Å². The molecule has 1 aliphatic heterocycles. The van der Waals surface area contributed by atoms with Gasteiger partial charge in [-0.3, -0.25) is 10.2 Å². The molecule has 4 heteroatoms. The summed E-state index contributed by atoms with van der Waals surface area (Å²) in [7, 11) is 0. The first kappa shape index (κ1) is 10.5. The summed E-state index contributed by atoms with van der Waals surface area (Å²) in [6.07, 6.45) is 3.80. The van der Waals surface area contributed by atoms with Gasteiger partial charge in [-0.2, -0.15) is 0 Å². The quantitative estimate of drug-likeness (QED) is 0.657. The Bertz CT molecular complexity index is 164. The van der Waals surface area contributed by atoms with Crippen LogP contribution in [0.4, 0.5) is 0 Å². The second-order valence-corrected chi connectivity index (χ2v) is 3.54. The molecule has 0 spiro atoms. The van der Waals surface area contributed by atoms with Gasteiger partial charge in [-0.15, -0.1) is 0 Å². The van der Waals surface area contributed by atoms with Crippen molar-refractivity contribution in [2.45, 2.75) is 39.3 Å². The fourth-order valence-electron chi connectivity index (χ4n) is 1.59. The Kier molecular flexibility index (Phi) is 4.18. The smallest absolute Gasteiger partial charge is 0.218 e. The zero-order valence-electron chi connectivity index (χ0n) is 8.47. The van der Waals surface area contributed by atoms with E-state index < -0.39 is 0 Å². The van der Waals surface area contributed by atoms with Gasteiger partial charge in [-0.1, -0.05) is 6.42 Å². The van der Waals surface area contributed by atoms with Crippen molar-refractivity contribution in [1.29, 1.82) is 0 Å². The van der Waals surface area contributed by atoms with Gasteiger partial charge in [0.1, 0.15) is 0 Å². The summed E-state index contributed by atoms with van der Waals surface area (Å²) >= 11 is 0. The van der Waals surface area contributed by atoms with Crippen LogP contribution in [0.25, 0.3) is 0 Å². The maximum atomic E-state index is 10.8. The van der Waals surface area contributed by atoms with E-state index >= 15 is 0 Å². The monoisotopic (exact) mass is 185 g/mol. The van der Waals surface area contributed by atoms with Crippen molar-refractivity contribution in [3.05, 3.63) is 0 Å². The molecule has 0 saturated carbocycles. The average molecular weight is 185 g/mol. The number of nitrogens with one attached hydrogen (secondary N) is 2. The number of rotatable bonds is 2. The molecule has 0 bridgehead atoms.